The predicted molar refractivity (Wildman–Crippen MR) is 75.0 cm³/mol. The van der Waals surface area contributed by atoms with Gasteiger partial charge in [0.1, 0.15) is 0 Å². The van der Waals surface area contributed by atoms with Crippen molar-refractivity contribution in [3.8, 4) is 10.4 Å². The summed E-state index contributed by atoms with van der Waals surface area (Å²) in [5.41, 5.74) is 3.97. The van der Waals surface area contributed by atoms with Crippen LogP contribution in [0.5, 0.6) is 0 Å². The SMILES string of the molecule is CNCc1ccc(C)cc1-c1sccc1Br. The van der Waals surface area contributed by atoms with Gasteiger partial charge in [0.25, 0.3) is 0 Å². The third-order valence-electron chi connectivity index (χ3n) is 2.49. The Labute approximate surface area is 109 Å². The van der Waals surface area contributed by atoms with Gasteiger partial charge < -0.3 is 5.32 Å². The van der Waals surface area contributed by atoms with Gasteiger partial charge in [0.05, 0.1) is 0 Å². The van der Waals surface area contributed by atoms with Gasteiger partial charge in [-0.05, 0) is 52.5 Å². The van der Waals surface area contributed by atoms with Crippen molar-refractivity contribution in [1.82, 2.24) is 5.32 Å². The maximum Gasteiger partial charge on any atom is 0.0488 e. The van der Waals surface area contributed by atoms with E-state index in [0.29, 0.717) is 0 Å². The fourth-order valence-electron chi connectivity index (χ4n) is 1.73. The summed E-state index contributed by atoms with van der Waals surface area (Å²) in [6.07, 6.45) is 0. The molecule has 16 heavy (non-hydrogen) atoms. The highest BCUT2D eigenvalue weighted by Gasteiger charge is 2.09. The number of benzene rings is 1. The molecule has 0 fully saturated rings. The molecular weight excluding hydrogens is 282 g/mol. The largest absolute Gasteiger partial charge is 0.316 e. The van der Waals surface area contributed by atoms with Gasteiger partial charge in [-0.25, -0.2) is 0 Å². The van der Waals surface area contributed by atoms with Gasteiger partial charge in [0, 0.05) is 15.9 Å². The molecule has 0 aliphatic rings. The molecule has 3 heteroatoms. The zero-order valence-electron chi connectivity index (χ0n) is 9.38. The molecule has 0 amide bonds. The molecule has 0 atom stereocenters. The fraction of sp³-hybridized carbons (Fsp3) is 0.231. The van der Waals surface area contributed by atoms with Crippen molar-refractivity contribution >= 4 is 27.3 Å². The predicted octanol–water partition coefficient (Wildman–Crippen LogP) is 4.21. The lowest BCUT2D eigenvalue weighted by atomic mass is 10.0. The Balaban J connectivity index is 2.53. The third kappa shape index (κ3) is 2.37. The van der Waals surface area contributed by atoms with Crippen LogP contribution in [-0.2, 0) is 6.54 Å². The number of rotatable bonds is 3. The second kappa shape index (κ2) is 5.13. The molecule has 0 saturated carbocycles. The summed E-state index contributed by atoms with van der Waals surface area (Å²) in [7, 11) is 1.98. The Bertz CT molecular complexity index is 490. The van der Waals surface area contributed by atoms with E-state index < -0.39 is 0 Å². The van der Waals surface area contributed by atoms with Crippen LogP contribution in [-0.4, -0.2) is 7.05 Å². The Morgan fingerprint density at radius 3 is 2.75 bits per heavy atom. The molecule has 1 heterocycles. The van der Waals surface area contributed by atoms with Gasteiger partial charge in [-0.2, -0.15) is 0 Å². The molecule has 0 saturated heterocycles. The second-order valence-corrected chi connectivity index (χ2v) is 5.56. The van der Waals surface area contributed by atoms with Gasteiger partial charge >= 0.3 is 0 Å². The van der Waals surface area contributed by atoms with Gasteiger partial charge in [0.2, 0.25) is 0 Å². The van der Waals surface area contributed by atoms with E-state index in [9.17, 15) is 0 Å². The molecule has 0 bridgehead atoms. The van der Waals surface area contributed by atoms with E-state index in [0.717, 1.165) is 6.54 Å². The number of aryl methyl sites for hydroxylation is 1. The Morgan fingerprint density at radius 2 is 2.12 bits per heavy atom. The van der Waals surface area contributed by atoms with Crippen molar-refractivity contribution in [2.24, 2.45) is 0 Å². The summed E-state index contributed by atoms with van der Waals surface area (Å²) in [4.78, 5) is 1.31. The minimum Gasteiger partial charge on any atom is -0.316 e. The number of halogens is 1. The fourth-order valence-corrected chi connectivity index (χ4v) is 3.37. The summed E-state index contributed by atoms with van der Waals surface area (Å²) in [5.74, 6) is 0. The summed E-state index contributed by atoms with van der Waals surface area (Å²) in [6, 6.07) is 8.72. The van der Waals surface area contributed by atoms with Gasteiger partial charge in [0.15, 0.2) is 0 Å². The molecule has 2 aromatic rings. The van der Waals surface area contributed by atoms with E-state index in [4.69, 9.17) is 0 Å². The lowest BCUT2D eigenvalue weighted by molar-refractivity contribution is 0.819. The van der Waals surface area contributed by atoms with Crippen LogP contribution in [0.4, 0.5) is 0 Å². The number of nitrogens with one attached hydrogen (secondary N) is 1. The lowest BCUT2D eigenvalue weighted by Gasteiger charge is -2.09. The van der Waals surface area contributed by atoms with Crippen molar-refractivity contribution in [2.75, 3.05) is 7.05 Å². The van der Waals surface area contributed by atoms with Crippen molar-refractivity contribution < 1.29 is 0 Å². The smallest absolute Gasteiger partial charge is 0.0488 e. The van der Waals surface area contributed by atoms with Crippen molar-refractivity contribution in [1.29, 1.82) is 0 Å². The van der Waals surface area contributed by atoms with E-state index in [2.05, 4.69) is 57.8 Å². The molecular formula is C13H14BrNS. The van der Waals surface area contributed by atoms with Gasteiger partial charge in [-0.3, -0.25) is 0 Å². The first-order valence-corrected chi connectivity index (χ1v) is 6.87. The van der Waals surface area contributed by atoms with E-state index in [-0.39, 0.29) is 0 Å². The van der Waals surface area contributed by atoms with E-state index in [1.165, 1.54) is 26.0 Å². The minimum absolute atomic E-state index is 0.903. The molecule has 84 valence electrons. The quantitative estimate of drug-likeness (QED) is 0.895. The average Bonchev–Trinajstić information content (AvgIpc) is 2.67. The Morgan fingerprint density at radius 1 is 1.31 bits per heavy atom. The Hall–Kier alpha value is -0.640. The van der Waals surface area contributed by atoms with Crippen LogP contribution in [0.2, 0.25) is 0 Å². The van der Waals surface area contributed by atoms with Crippen LogP contribution in [0.1, 0.15) is 11.1 Å². The molecule has 1 aromatic heterocycles. The Kier molecular flexibility index (Phi) is 3.79. The van der Waals surface area contributed by atoms with E-state index >= 15 is 0 Å². The number of hydrogen-bond donors (Lipinski definition) is 1. The molecule has 0 unspecified atom stereocenters. The molecule has 1 nitrogen and oxygen atoms in total. The van der Waals surface area contributed by atoms with Crippen LogP contribution >= 0.6 is 27.3 Å². The van der Waals surface area contributed by atoms with Crippen molar-refractivity contribution in [3.05, 3.63) is 45.2 Å². The summed E-state index contributed by atoms with van der Waals surface area (Å²) in [6.45, 7) is 3.04. The molecule has 0 aliphatic heterocycles. The monoisotopic (exact) mass is 295 g/mol. The van der Waals surface area contributed by atoms with Crippen molar-refractivity contribution in [3.63, 3.8) is 0 Å². The van der Waals surface area contributed by atoms with E-state index in [1.54, 1.807) is 11.3 Å². The second-order valence-electron chi connectivity index (χ2n) is 3.79. The normalized spacial score (nSPS) is 10.7. The third-order valence-corrected chi connectivity index (χ3v) is 4.37. The maximum atomic E-state index is 3.60. The average molecular weight is 296 g/mol. The zero-order chi connectivity index (χ0) is 11.5. The van der Waals surface area contributed by atoms with Gasteiger partial charge in [-0.1, -0.05) is 23.8 Å². The van der Waals surface area contributed by atoms with Crippen LogP contribution in [0.3, 0.4) is 0 Å². The van der Waals surface area contributed by atoms with E-state index in [1.807, 2.05) is 7.05 Å². The first kappa shape index (κ1) is 11.8. The highest BCUT2D eigenvalue weighted by Crippen LogP contribution is 2.36. The first-order valence-electron chi connectivity index (χ1n) is 5.20. The standard InChI is InChI=1S/C13H14BrNS/c1-9-3-4-10(8-15-2)11(7-9)13-12(14)5-6-16-13/h3-7,15H,8H2,1-2H3. The number of hydrogen-bond acceptors (Lipinski definition) is 2. The zero-order valence-corrected chi connectivity index (χ0v) is 11.8. The number of thiophene rings is 1. The summed E-state index contributed by atoms with van der Waals surface area (Å²) in [5, 5.41) is 5.33. The molecule has 1 aromatic carbocycles. The minimum atomic E-state index is 0.903. The lowest BCUT2D eigenvalue weighted by Crippen LogP contribution is -2.06. The first-order chi connectivity index (χ1) is 7.72. The summed E-state index contributed by atoms with van der Waals surface area (Å²) < 4.78 is 1.18. The highest BCUT2D eigenvalue weighted by atomic mass is 79.9. The van der Waals surface area contributed by atoms with Crippen LogP contribution < -0.4 is 5.32 Å². The molecule has 0 aliphatic carbocycles. The highest BCUT2D eigenvalue weighted by molar-refractivity contribution is 9.10. The molecule has 1 N–H and O–H groups in total. The van der Waals surface area contributed by atoms with Gasteiger partial charge in [-0.15, -0.1) is 11.3 Å². The van der Waals surface area contributed by atoms with Crippen LogP contribution in [0, 0.1) is 6.92 Å². The molecule has 0 spiro atoms. The van der Waals surface area contributed by atoms with Crippen molar-refractivity contribution in [2.45, 2.75) is 13.5 Å². The maximum absolute atomic E-state index is 3.60. The summed E-state index contributed by atoms with van der Waals surface area (Å²) >= 11 is 5.38. The molecule has 2 rings (SSSR count). The van der Waals surface area contributed by atoms with Crippen LogP contribution in [0.25, 0.3) is 10.4 Å². The molecule has 0 radical (unpaired) electrons. The topological polar surface area (TPSA) is 12.0 Å². The van der Waals surface area contributed by atoms with Crippen LogP contribution in [0.15, 0.2) is 34.1 Å².